The van der Waals surface area contributed by atoms with Crippen LogP contribution in [0.25, 0.3) is 0 Å². The summed E-state index contributed by atoms with van der Waals surface area (Å²) in [5, 5.41) is 0. The van der Waals surface area contributed by atoms with Gasteiger partial charge in [-0.15, -0.1) is 0 Å². The van der Waals surface area contributed by atoms with Crippen LogP contribution in [0.15, 0.2) is 81.6 Å². The Labute approximate surface area is 205 Å². The highest BCUT2D eigenvalue weighted by molar-refractivity contribution is 8.76. The zero-order chi connectivity index (χ0) is 24.1. The number of hydrogen-bond acceptors (Lipinski definition) is 2. The lowest BCUT2D eigenvalue weighted by Crippen LogP contribution is -2.16. The van der Waals surface area contributed by atoms with Gasteiger partial charge in [-0.25, -0.2) is 0 Å². The van der Waals surface area contributed by atoms with E-state index in [2.05, 4.69) is 130 Å². The van der Waals surface area contributed by atoms with Gasteiger partial charge in [0.25, 0.3) is 0 Å². The van der Waals surface area contributed by atoms with Crippen molar-refractivity contribution in [1.82, 2.24) is 0 Å². The van der Waals surface area contributed by atoms with Crippen LogP contribution >= 0.6 is 21.6 Å². The summed E-state index contributed by atoms with van der Waals surface area (Å²) in [5.41, 5.74) is 5.95. The van der Waals surface area contributed by atoms with E-state index in [1.165, 1.54) is 32.1 Å². The minimum absolute atomic E-state index is 0.207. The number of hydrogen-bond donors (Lipinski definition) is 0. The van der Waals surface area contributed by atoms with Gasteiger partial charge in [-0.05, 0) is 73.9 Å². The molecule has 0 saturated carbocycles. The fourth-order valence-electron chi connectivity index (χ4n) is 3.92. The molecule has 0 fully saturated rings. The molecule has 0 aliphatic heterocycles. The number of rotatable bonds is 7. The lowest BCUT2D eigenvalue weighted by molar-refractivity contribution is 0.365. The molecular weight excluding hydrogens is 424 g/mol. The molecular formula is C30H42S2. The molecule has 0 radical (unpaired) electrons. The summed E-state index contributed by atoms with van der Waals surface area (Å²) in [7, 11) is 3.67. The van der Waals surface area contributed by atoms with Crippen molar-refractivity contribution in [3.05, 3.63) is 83.0 Å². The van der Waals surface area contributed by atoms with E-state index in [1.54, 1.807) is 0 Å². The second-order valence-electron chi connectivity index (χ2n) is 11.5. The fraction of sp³-hybridized carbons (Fsp3) is 0.467. The topological polar surface area (TPSA) is 0 Å². The van der Waals surface area contributed by atoms with Crippen molar-refractivity contribution < 1.29 is 0 Å². The predicted molar refractivity (Wildman–Crippen MR) is 148 cm³/mol. The van der Waals surface area contributed by atoms with Gasteiger partial charge in [0.05, 0.1) is 0 Å². The Morgan fingerprint density at radius 2 is 0.844 bits per heavy atom. The molecule has 0 heterocycles. The van der Waals surface area contributed by atoms with Crippen molar-refractivity contribution >= 4 is 21.6 Å². The van der Waals surface area contributed by atoms with Crippen LogP contribution in [0.4, 0.5) is 0 Å². The van der Waals surface area contributed by atoms with E-state index in [1.807, 2.05) is 21.6 Å². The second-order valence-corrected chi connectivity index (χ2v) is 13.8. The monoisotopic (exact) mass is 466 g/mol. The van der Waals surface area contributed by atoms with Crippen molar-refractivity contribution in [1.29, 1.82) is 0 Å². The van der Waals surface area contributed by atoms with E-state index >= 15 is 0 Å². The normalized spacial score (nSPS) is 13.9. The van der Waals surface area contributed by atoms with Gasteiger partial charge in [0.2, 0.25) is 0 Å². The van der Waals surface area contributed by atoms with Gasteiger partial charge in [0.15, 0.2) is 0 Å². The molecule has 2 aromatic rings. The van der Waals surface area contributed by atoms with Crippen LogP contribution in [0.3, 0.4) is 0 Å². The van der Waals surface area contributed by atoms with E-state index in [4.69, 9.17) is 0 Å². The lowest BCUT2D eigenvalue weighted by Gasteiger charge is -2.29. The van der Waals surface area contributed by atoms with E-state index in [0.29, 0.717) is 11.8 Å². The molecule has 0 nitrogen and oxygen atoms in total. The molecule has 2 atom stereocenters. The third kappa shape index (κ3) is 8.19. The Balaban J connectivity index is 2.10. The largest absolute Gasteiger partial charge is 0.0798 e. The summed E-state index contributed by atoms with van der Waals surface area (Å²) in [5.74, 6) is 0.867. The molecule has 0 saturated heterocycles. The van der Waals surface area contributed by atoms with Gasteiger partial charge in [-0.1, -0.05) is 111 Å². The van der Waals surface area contributed by atoms with Gasteiger partial charge in [0.1, 0.15) is 0 Å². The molecule has 2 aromatic carbocycles. The van der Waals surface area contributed by atoms with E-state index < -0.39 is 0 Å². The van der Waals surface area contributed by atoms with Gasteiger partial charge in [0, 0.05) is 21.6 Å². The maximum Gasteiger partial charge on any atom is 0.0186 e. The predicted octanol–water partition coefficient (Wildman–Crippen LogP) is 10.7. The molecule has 0 N–H and O–H groups in total. The summed E-state index contributed by atoms with van der Waals surface area (Å²) < 4.78 is 0. The zero-order valence-electron chi connectivity index (χ0n) is 21.7. The average molecular weight is 467 g/mol. The van der Waals surface area contributed by atoms with Crippen molar-refractivity contribution in [2.24, 2.45) is 10.8 Å². The molecule has 2 heteroatoms. The highest BCUT2D eigenvalue weighted by Crippen LogP contribution is 2.42. The Hall–Kier alpha value is -1.38. The Kier molecular flexibility index (Phi) is 9.37. The maximum atomic E-state index is 2.40. The second kappa shape index (κ2) is 11.2. The Morgan fingerprint density at radius 1 is 0.562 bits per heavy atom. The Morgan fingerprint density at radius 3 is 1.06 bits per heavy atom. The number of allylic oxidation sites excluding steroid dienone is 4. The molecule has 0 bridgehead atoms. The lowest BCUT2D eigenvalue weighted by atomic mass is 9.76. The third-order valence-electron chi connectivity index (χ3n) is 5.58. The first-order valence-corrected chi connectivity index (χ1v) is 13.8. The summed E-state index contributed by atoms with van der Waals surface area (Å²) in [6.45, 7) is 22.7. The number of benzene rings is 2. The summed E-state index contributed by atoms with van der Waals surface area (Å²) in [6, 6.07) is 18.3. The SMILES string of the molecule is CC(C)=CC(c1ccc(SSc2ccc(C(C=C(C)C)C(C)(C)C)cc2)cc1)C(C)(C)C. The van der Waals surface area contributed by atoms with Crippen LogP contribution in [-0.2, 0) is 0 Å². The minimum atomic E-state index is 0.207. The van der Waals surface area contributed by atoms with E-state index in [9.17, 15) is 0 Å². The van der Waals surface area contributed by atoms with Gasteiger partial charge in [-0.3, -0.25) is 0 Å². The van der Waals surface area contributed by atoms with E-state index in [0.717, 1.165) is 0 Å². The highest BCUT2D eigenvalue weighted by atomic mass is 33.1. The first kappa shape index (κ1) is 26.9. The highest BCUT2D eigenvalue weighted by Gasteiger charge is 2.25. The van der Waals surface area contributed by atoms with Crippen molar-refractivity contribution in [2.45, 2.75) is 90.9 Å². The van der Waals surface area contributed by atoms with Gasteiger partial charge >= 0.3 is 0 Å². The quantitative estimate of drug-likeness (QED) is 0.294. The summed E-state index contributed by atoms with van der Waals surface area (Å²) in [6.07, 6.45) is 4.80. The van der Waals surface area contributed by atoms with E-state index in [-0.39, 0.29) is 10.8 Å². The summed E-state index contributed by atoms with van der Waals surface area (Å²) >= 11 is 0. The molecule has 174 valence electrons. The average Bonchev–Trinajstić information content (AvgIpc) is 2.68. The van der Waals surface area contributed by atoms with Crippen LogP contribution < -0.4 is 0 Å². The standard InChI is InChI=1S/C30H42S2/c1-21(2)19-27(29(5,6)7)23-11-15-25(16-12-23)31-32-26-17-13-24(14-18-26)28(20-22(3)4)30(8,9)10/h11-20,27-28H,1-10H3. The van der Waals surface area contributed by atoms with Crippen molar-refractivity contribution in [3.63, 3.8) is 0 Å². The molecule has 0 amide bonds. The molecule has 0 aliphatic rings. The smallest absolute Gasteiger partial charge is 0.0186 e. The first-order chi connectivity index (χ1) is 14.8. The summed E-state index contributed by atoms with van der Waals surface area (Å²) in [4.78, 5) is 2.59. The van der Waals surface area contributed by atoms with Crippen LogP contribution in [0.2, 0.25) is 0 Å². The van der Waals surface area contributed by atoms with Crippen LogP contribution in [0.1, 0.15) is 92.2 Å². The first-order valence-electron chi connectivity index (χ1n) is 11.6. The van der Waals surface area contributed by atoms with Gasteiger partial charge in [-0.2, -0.15) is 0 Å². The Bertz CT molecular complexity index is 829. The van der Waals surface area contributed by atoms with Gasteiger partial charge < -0.3 is 0 Å². The maximum absolute atomic E-state index is 2.40. The molecule has 0 spiro atoms. The zero-order valence-corrected chi connectivity index (χ0v) is 23.4. The van der Waals surface area contributed by atoms with Crippen LogP contribution in [0.5, 0.6) is 0 Å². The molecule has 2 rings (SSSR count). The third-order valence-corrected chi connectivity index (χ3v) is 8.00. The van der Waals surface area contributed by atoms with Crippen molar-refractivity contribution in [3.8, 4) is 0 Å². The van der Waals surface area contributed by atoms with Crippen LogP contribution in [-0.4, -0.2) is 0 Å². The molecule has 32 heavy (non-hydrogen) atoms. The van der Waals surface area contributed by atoms with Crippen molar-refractivity contribution in [2.75, 3.05) is 0 Å². The molecule has 0 aliphatic carbocycles. The minimum Gasteiger partial charge on any atom is -0.0798 e. The fourth-order valence-corrected chi connectivity index (χ4v) is 5.85. The molecule has 0 aromatic heterocycles. The molecule has 2 unspecified atom stereocenters. The van der Waals surface area contributed by atoms with Crippen LogP contribution in [0, 0.1) is 10.8 Å².